The van der Waals surface area contributed by atoms with Crippen LogP contribution in [0.3, 0.4) is 0 Å². The Kier molecular flexibility index (Phi) is 3.10. The average Bonchev–Trinajstić information content (AvgIpc) is 2.16. The molecule has 0 aromatic heterocycles. The summed E-state index contributed by atoms with van der Waals surface area (Å²) in [4.78, 5) is 0. The van der Waals surface area contributed by atoms with Gasteiger partial charge in [-0.05, 0) is 12.8 Å². The zero-order chi connectivity index (χ0) is 8.86. The molecule has 1 heteroatoms. The highest BCUT2D eigenvalue weighted by molar-refractivity contribution is 5.23. The molecule has 0 bridgehead atoms. The molecular weight excluding hydrogens is 146 g/mol. The summed E-state index contributed by atoms with van der Waals surface area (Å²) in [7, 11) is 0. The monoisotopic (exact) mass is 161 g/mol. The van der Waals surface area contributed by atoms with Crippen LogP contribution in [-0.2, 0) is 0 Å². The van der Waals surface area contributed by atoms with E-state index in [4.69, 9.17) is 5.26 Å². The second kappa shape index (κ2) is 4.11. The zero-order valence-electron chi connectivity index (χ0n) is 7.59. The smallest absolute Gasteiger partial charge is 0.0790 e. The maximum Gasteiger partial charge on any atom is 0.0790 e. The molecule has 0 saturated carbocycles. The minimum absolute atomic E-state index is 0.190. The molecule has 0 radical (unpaired) electrons. The number of nitrogens with zero attached hydrogens (tertiary/aromatic N) is 1. The summed E-state index contributed by atoms with van der Waals surface area (Å²) < 4.78 is 0. The fourth-order valence-corrected chi connectivity index (χ4v) is 1.48. The predicted molar refractivity (Wildman–Crippen MR) is 50.5 cm³/mol. The Morgan fingerprint density at radius 2 is 2.33 bits per heavy atom. The van der Waals surface area contributed by atoms with Crippen LogP contribution in [0.1, 0.15) is 32.6 Å². The standard InChI is InChI=1S/C11H15N/c1-2-3-7-11(10-12)8-5-4-6-9-11/h4-6,8H,2-3,7,9H2,1H3. The van der Waals surface area contributed by atoms with Gasteiger partial charge in [-0.1, -0.05) is 44.1 Å². The van der Waals surface area contributed by atoms with Gasteiger partial charge in [0.25, 0.3) is 0 Å². The van der Waals surface area contributed by atoms with Gasteiger partial charge in [0.2, 0.25) is 0 Å². The first-order chi connectivity index (χ1) is 5.83. The van der Waals surface area contributed by atoms with Crippen molar-refractivity contribution in [2.45, 2.75) is 32.6 Å². The molecule has 12 heavy (non-hydrogen) atoms. The fraction of sp³-hybridized carbons (Fsp3) is 0.545. The summed E-state index contributed by atoms with van der Waals surface area (Å²) in [6, 6.07) is 2.41. The Morgan fingerprint density at radius 1 is 1.50 bits per heavy atom. The molecule has 0 saturated heterocycles. The van der Waals surface area contributed by atoms with Crippen molar-refractivity contribution >= 4 is 0 Å². The van der Waals surface area contributed by atoms with Crippen molar-refractivity contribution in [2.24, 2.45) is 5.41 Å². The SMILES string of the molecule is CCCCC1(C#N)C=CC=CC1. The molecular formula is C11H15N. The molecule has 0 aromatic carbocycles. The number of allylic oxidation sites excluding steroid dienone is 4. The molecule has 0 amide bonds. The van der Waals surface area contributed by atoms with Crippen molar-refractivity contribution < 1.29 is 0 Å². The van der Waals surface area contributed by atoms with Crippen LogP contribution in [0.4, 0.5) is 0 Å². The third-order valence-corrected chi connectivity index (χ3v) is 2.34. The highest BCUT2D eigenvalue weighted by Crippen LogP contribution is 2.32. The molecule has 64 valence electrons. The van der Waals surface area contributed by atoms with Gasteiger partial charge < -0.3 is 0 Å². The van der Waals surface area contributed by atoms with Gasteiger partial charge in [0.1, 0.15) is 0 Å². The van der Waals surface area contributed by atoms with Crippen molar-refractivity contribution in [1.82, 2.24) is 0 Å². The molecule has 0 aromatic rings. The van der Waals surface area contributed by atoms with Crippen LogP contribution in [0.15, 0.2) is 24.3 Å². The maximum absolute atomic E-state index is 9.03. The molecule has 0 heterocycles. The van der Waals surface area contributed by atoms with Crippen LogP contribution in [-0.4, -0.2) is 0 Å². The maximum atomic E-state index is 9.03. The molecule has 0 spiro atoms. The fourth-order valence-electron chi connectivity index (χ4n) is 1.48. The summed E-state index contributed by atoms with van der Waals surface area (Å²) in [6.07, 6.45) is 12.3. The van der Waals surface area contributed by atoms with Crippen molar-refractivity contribution in [3.05, 3.63) is 24.3 Å². The largest absolute Gasteiger partial charge is 0.197 e. The number of hydrogen-bond donors (Lipinski definition) is 0. The van der Waals surface area contributed by atoms with Gasteiger partial charge in [-0.3, -0.25) is 0 Å². The minimum Gasteiger partial charge on any atom is -0.197 e. The molecule has 1 unspecified atom stereocenters. The first kappa shape index (κ1) is 9.06. The van der Waals surface area contributed by atoms with Crippen LogP contribution in [0.2, 0.25) is 0 Å². The van der Waals surface area contributed by atoms with Crippen LogP contribution in [0, 0.1) is 16.7 Å². The van der Waals surface area contributed by atoms with Gasteiger partial charge in [0, 0.05) is 0 Å². The van der Waals surface area contributed by atoms with E-state index in [0.29, 0.717) is 0 Å². The number of unbranched alkanes of at least 4 members (excludes halogenated alkanes) is 1. The Hall–Kier alpha value is -1.03. The number of hydrogen-bond acceptors (Lipinski definition) is 1. The molecule has 1 aliphatic carbocycles. The number of nitriles is 1. The number of rotatable bonds is 3. The van der Waals surface area contributed by atoms with E-state index < -0.39 is 0 Å². The van der Waals surface area contributed by atoms with Crippen LogP contribution >= 0.6 is 0 Å². The Labute approximate surface area is 74.4 Å². The van der Waals surface area contributed by atoms with Crippen LogP contribution in [0.5, 0.6) is 0 Å². The second-order valence-electron chi connectivity index (χ2n) is 3.36. The van der Waals surface area contributed by atoms with Gasteiger partial charge in [0.15, 0.2) is 0 Å². The minimum atomic E-state index is -0.190. The quantitative estimate of drug-likeness (QED) is 0.623. The van der Waals surface area contributed by atoms with E-state index in [9.17, 15) is 0 Å². The summed E-state index contributed by atoms with van der Waals surface area (Å²) in [5, 5.41) is 9.03. The Morgan fingerprint density at radius 3 is 2.83 bits per heavy atom. The highest BCUT2D eigenvalue weighted by Gasteiger charge is 2.25. The van der Waals surface area contributed by atoms with E-state index in [1.807, 2.05) is 18.2 Å². The lowest BCUT2D eigenvalue weighted by atomic mass is 9.79. The van der Waals surface area contributed by atoms with E-state index in [1.165, 1.54) is 6.42 Å². The van der Waals surface area contributed by atoms with Crippen molar-refractivity contribution in [3.8, 4) is 6.07 Å². The van der Waals surface area contributed by atoms with Gasteiger partial charge in [-0.2, -0.15) is 5.26 Å². The molecule has 1 nitrogen and oxygen atoms in total. The normalized spacial score (nSPS) is 27.0. The van der Waals surface area contributed by atoms with E-state index in [2.05, 4.69) is 19.1 Å². The second-order valence-corrected chi connectivity index (χ2v) is 3.36. The van der Waals surface area contributed by atoms with Gasteiger partial charge in [-0.25, -0.2) is 0 Å². The summed E-state index contributed by atoms with van der Waals surface area (Å²) in [5.74, 6) is 0. The molecule has 1 atom stereocenters. The third-order valence-electron chi connectivity index (χ3n) is 2.34. The zero-order valence-corrected chi connectivity index (χ0v) is 7.59. The highest BCUT2D eigenvalue weighted by atomic mass is 14.4. The third kappa shape index (κ3) is 1.98. The lowest BCUT2D eigenvalue weighted by molar-refractivity contribution is 0.445. The molecule has 0 aliphatic heterocycles. The summed E-state index contributed by atoms with van der Waals surface area (Å²) in [6.45, 7) is 2.16. The van der Waals surface area contributed by atoms with E-state index in [-0.39, 0.29) is 5.41 Å². The predicted octanol–water partition coefficient (Wildman–Crippen LogP) is 3.20. The van der Waals surface area contributed by atoms with E-state index in [0.717, 1.165) is 19.3 Å². The van der Waals surface area contributed by atoms with Gasteiger partial charge >= 0.3 is 0 Å². The van der Waals surface area contributed by atoms with Gasteiger partial charge in [0.05, 0.1) is 11.5 Å². The van der Waals surface area contributed by atoms with Gasteiger partial charge in [-0.15, -0.1) is 0 Å². The van der Waals surface area contributed by atoms with Crippen molar-refractivity contribution in [2.75, 3.05) is 0 Å². The van der Waals surface area contributed by atoms with Crippen LogP contribution in [0.25, 0.3) is 0 Å². The Balaban J connectivity index is 2.59. The average molecular weight is 161 g/mol. The Bertz CT molecular complexity index is 232. The van der Waals surface area contributed by atoms with E-state index in [1.54, 1.807) is 0 Å². The topological polar surface area (TPSA) is 23.8 Å². The molecule has 1 aliphatic rings. The molecule has 0 fully saturated rings. The van der Waals surface area contributed by atoms with Crippen molar-refractivity contribution in [3.63, 3.8) is 0 Å². The molecule has 1 rings (SSSR count). The lowest BCUT2D eigenvalue weighted by Gasteiger charge is -2.22. The summed E-state index contributed by atoms with van der Waals surface area (Å²) in [5.41, 5.74) is -0.190. The lowest BCUT2D eigenvalue weighted by Crippen LogP contribution is -2.15. The molecule has 0 N–H and O–H groups in total. The van der Waals surface area contributed by atoms with Crippen LogP contribution < -0.4 is 0 Å². The van der Waals surface area contributed by atoms with Crippen molar-refractivity contribution in [1.29, 1.82) is 5.26 Å². The summed E-state index contributed by atoms with van der Waals surface area (Å²) >= 11 is 0. The first-order valence-corrected chi connectivity index (χ1v) is 4.58. The first-order valence-electron chi connectivity index (χ1n) is 4.58. The van der Waals surface area contributed by atoms with E-state index >= 15 is 0 Å².